The van der Waals surface area contributed by atoms with E-state index >= 15 is 0 Å². The molecule has 2 rings (SSSR count). The molecule has 1 aliphatic carbocycles. The van der Waals surface area contributed by atoms with Crippen molar-refractivity contribution < 1.29 is 9.90 Å². The van der Waals surface area contributed by atoms with Crippen LogP contribution in [0.4, 0.5) is 0 Å². The van der Waals surface area contributed by atoms with Crippen molar-refractivity contribution in [1.82, 2.24) is 4.90 Å². The first-order chi connectivity index (χ1) is 8.62. The van der Waals surface area contributed by atoms with Gasteiger partial charge in [-0.25, -0.2) is 0 Å². The smallest absolute Gasteiger partial charge is 0.310 e. The largest absolute Gasteiger partial charge is 0.481 e. The predicted octanol–water partition coefficient (Wildman–Crippen LogP) is 2.87. The first-order valence-electron chi connectivity index (χ1n) is 6.57. The first kappa shape index (κ1) is 13.6. The molecular formula is C14H21NO2S. The minimum Gasteiger partial charge on any atom is -0.481 e. The van der Waals surface area contributed by atoms with Crippen molar-refractivity contribution in [2.75, 3.05) is 20.1 Å². The third kappa shape index (κ3) is 3.12. The van der Waals surface area contributed by atoms with Crippen LogP contribution in [0.25, 0.3) is 0 Å². The van der Waals surface area contributed by atoms with Gasteiger partial charge >= 0.3 is 5.97 Å². The van der Waals surface area contributed by atoms with E-state index in [-0.39, 0.29) is 0 Å². The lowest BCUT2D eigenvalue weighted by Crippen LogP contribution is -2.40. The summed E-state index contributed by atoms with van der Waals surface area (Å²) in [6.45, 7) is 1.63. The number of rotatable bonds is 6. The first-order valence-corrected chi connectivity index (χ1v) is 7.45. The lowest BCUT2D eigenvalue weighted by atomic mass is 9.86. The number of carboxylic acid groups (broad SMARTS) is 1. The highest BCUT2D eigenvalue weighted by atomic mass is 32.1. The summed E-state index contributed by atoms with van der Waals surface area (Å²) in [4.78, 5) is 15.0. The Hall–Kier alpha value is -0.870. The lowest BCUT2D eigenvalue weighted by Gasteiger charge is -2.29. The molecule has 0 amide bonds. The standard InChI is InChI=1S/C14H21NO2S/c1-15(9-6-12-5-4-10-18-12)11-14(13(16)17)7-2-3-8-14/h4-5,10H,2-3,6-9,11H2,1H3,(H,16,17). The summed E-state index contributed by atoms with van der Waals surface area (Å²) >= 11 is 1.77. The van der Waals surface area contributed by atoms with Crippen LogP contribution in [0.3, 0.4) is 0 Å². The second-order valence-electron chi connectivity index (χ2n) is 5.36. The third-order valence-corrected chi connectivity index (χ3v) is 4.84. The van der Waals surface area contributed by atoms with Gasteiger partial charge in [-0.3, -0.25) is 4.79 Å². The fourth-order valence-corrected chi connectivity index (χ4v) is 3.54. The zero-order valence-electron chi connectivity index (χ0n) is 10.9. The second-order valence-corrected chi connectivity index (χ2v) is 6.39. The van der Waals surface area contributed by atoms with E-state index in [1.807, 2.05) is 7.05 Å². The number of thiophene rings is 1. The summed E-state index contributed by atoms with van der Waals surface area (Å²) in [6.07, 6.45) is 4.82. The Morgan fingerprint density at radius 2 is 2.22 bits per heavy atom. The van der Waals surface area contributed by atoms with Gasteiger partial charge in [0.1, 0.15) is 0 Å². The Bertz CT molecular complexity index is 383. The van der Waals surface area contributed by atoms with Crippen molar-refractivity contribution in [1.29, 1.82) is 0 Å². The number of likely N-dealkylation sites (N-methyl/N-ethyl adjacent to an activating group) is 1. The molecule has 0 aliphatic heterocycles. The number of hydrogen-bond donors (Lipinski definition) is 1. The maximum atomic E-state index is 11.5. The maximum Gasteiger partial charge on any atom is 0.310 e. The van der Waals surface area contributed by atoms with Crippen molar-refractivity contribution in [2.45, 2.75) is 32.1 Å². The van der Waals surface area contributed by atoms with E-state index < -0.39 is 11.4 Å². The van der Waals surface area contributed by atoms with E-state index in [0.717, 1.165) is 38.6 Å². The van der Waals surface area contributed by atoms with E-state index in [4.69, 9.17) is 0 Å². The van der Waals surface area contributed by atoms with Gasteiger partial charge in [0.05, 0.1) is 5.41 Å². The van der Waals surface area contributed by atoms with Gasteiger partial charge < -0.3 is 10.0 Å². The minimum absolute atomic E-state index is 0.482. The van der Waals surface area contributed by atoms with Gasteiger partial charge in [0, 0.05) is 18.0 Å². The molecule has 3 nitrogen and oxygen atoms in total. The molecule has 0 spiro atoms. The zero-order valence-corrected chi connectivity index (χ0v) is 11.7. The quantitative estimate of drug-likeness (QED) is 0.861. The number of aliphatic carboxylic acids is 1. The summed E-state index contributed by atoms with van der Waals surface area (Å²) in [5, 5.41) is 11.5. The van der Waals surface area contributed by atoms with Gasteiger partial charge in [-0.1, -0.05) is 18.9 Å². The van der Waals surface area contributed by atoms with Crippen molar-refractivity contribution in [3.63, 3.8) is 0 Å². The molecule has 1 aliphatic rings. The fraction of sp³-hybridized carbons (Fsp3) is 0.643. The lowest BCUT2D eigenvalue weighted by molar-refractivity contribution is -0.149. The van der Waals surface area contributed by atoms with E-state index in [2.05, 4.69) is 22.4 Å². The molecule has 4 heteroatoms. The predicted molar refractivity (Wildman–Crippen MR) is 74.1 cm³/mol. The molecule has 18 heavy (non-hydrogen) atoms. The van der Waals surface area contributed by atoms with E-state index in [1.165, 1.54) is 4.88 Å². The monoisotopic (exact) mass is 267 g/mol. The highest BCUT2D eigenvalue weighted by molar-refractivity contribution is 7.09. The van der Waals surface area contributed by atoms with Gasteiger partial charge in [0.25, 0.3) is 0 Å². The number of nitrogens with zero attached hydrogens (tertiary/aromatic N) is 1. The molecule has 0 atom stereocenters. The molecule has 0 aromatic carbocycles. The Kier molecular flexibility index (Phi) is 4.40. The van der Waals surface area contributed by atoms with Gasteiger partial charge in [0.15, 0.2) is 0 Å². The molecule has 1 aromatic heterocycles. The second kappa shape index (κ2) is 5.85. The Balaban J connectivity index is 1.85. The maximum absolute atomic E-state index is 11.5. The van der Waals surface area contributed by atoms with Crippen LogP contribution in [-0.2, 0) is 11.2 Å². The van der Waals surface area contributed by atoms with Crippen LogP contribution >= 0.6 is 11.3 Å². The van der Waals surface area contributed by atoms with Crippen LogP contribution in [0.2, 0.25) is 0 Å². The van der Waals surface area contributed by atoms with Crippen molar-refractivity contribution in [2.24, 2.45) is 5.41 Å². The molecular weight excluding hydrogens is 246 g/mol. The van der Waals surface area contributed by atoms with Crippen molar-refractivity contribution in [3.8, 4) is 0 Å². The van der Waals surface area contributed by atoms with E-state index in [1.54, 1.807) is 11.3 Å². The topological polar surface area (TPSA) is 40.5 Å². The van der Waals surface area contributed by atoms with Crippen LogP contribution in [0.5, 0.6) is 0 Å². The summed E-state index contributed by atoms with van der Waals surface area (Å²) in [7, 11) is 2.04. The van der Waals surface area contributed by atoms with Gasteiger partial charge in [0.2, 0.25) is 0 Å². The van der Waals surface area contributed by atoms with E-state index in [0.29, 0.717) is 6.54 Å². The van der Waals surface area contributed by atoms with Crippen LogP contribution in [-0.4, -0.2) is 36.1 Å². The number of carbonyl (C=O) groups is 1. The van der Waals surface area contributed by atoms with Crippen LogP contribution in [0, 0.1) is 5.41 Å². The highest BCUT2D eigenvalue weighted by Gasteiger charge is 2.41. The third-order valence-electron chi connectivity index (χ3n) is 3.91. The number of carboxylic acids is 1. The summed E-state index contributed by atoms with van der Waals surface area (Å²) in [6, 6.07) is 4.21. The molecule has 1 N–H and O–H groups in total. The molecule has 0 saturated heterocycles. The molecule has 0 radical (unpaired) electrons. The summed E-state index contributed by atoms with van der Waals surface area (Å²) in [5.41, 5.74) is -0.482. The molecule has 0 unspecified atom stereocenters. The zero-order chi connectivity index (χ0) is 13.0. The summed E-state index contributed by atoms with van der Waals surface area (Å²) < 4.78 is 0. The molecule has 1 aromatic rings. The van der Waals surface area contributed by atoms with Crippen LogP contribution in [0.15, 0.2) is 17.5 Å². The molecule has 1 heterocycles. The van der Waals surface area contributed by atoms with Gasteiger partial charge in [-0.2, -0.15) is 0 Å². The van der Waals surface area contributed by atoms with Crippen LogP contribution < -0.4 is 0 Å². The number of hydrogen-bond acceptors (Lipinski definition) is 3. The normalized spacial score (nSPS) is 18.3. The molecule has 1 fully saturated rings. The summed E-state index contributed by atoms with van der Waals surface area (Å²) in [5.74, 6) is -0.608. The average molecular weight is 267 g/mol. The van der Waals surface area contributed by atoms with Crippen LogP contribution in [0.1, 0.15) is 30.6 Å². The Morgan fingerprint density at radius 3 is 2.78 bits per heavy atom. The Morgan fingerprint density at radius 1 is 1.50 bits per heavy atom. The average Bonchev–Trinajstić information content (AvgIpc) is 2.97. The fourth-order valence-electron chi connectivity index (χ4n) is 2.84. The van der Waals surface area contributed by atoms with E-state index in [9.17, 15) is 9.90 Å². The molecule has 0 bridgehead atoms. The highest BCUT2D eigenvalue weighted by Crippen LogP contribution is 2.38. The Labute approximate surface area is 112 Å². The molecule has 1 saturated carbocycles. The van der Waals surface area contributed by atoms with Crippen molar-refractivity contribution >= 4 is 17.3 Å². The molecule has 100 valence electrons. The SMILES string of the molecule is CN(CCc1cccs1)CC1(C(=O)O)CCCC1. The van der Waals surface area contributed by atoms with Gasteiger partial charge in [-0.05, 0) is 37.8 Å². The minimum atomic E-state index is -0.608. The van der Waals surface area contributed by atoms with Crippen molar-refractivity contribution in [3.05, 3.63) is 22.4 Å². The van der Waals surface area contributed by atoms with Gasteiger partial charge in [-0.15, -0.1) is 11.3 Å².